The van der Waals surface area contributed by atoms with Crippen LogP contribution >= 0.6 is 23.2 Å². The van der Waals surface area contributed by atoms with Crippen molar-refractivity contribution in [3.63, 3.8) is 0 Å². The Morgan fingerprint density at radius 3 is 1.94 bits per heavy atom. The molecule has 6 aromatic carbocycles. The van der Waals surface area contributed by atoms with Crippen LogP contribution in [0.5, 0.6) is 46.0 Å². The minimum Gasteiger partial charge on any atom is -0.508 e. The summed E-state index contributed by atoms with van der Waals surface area (Å²) in [6, 6.07) is 6.69. The number of fused-ring (bicyclic) bond motifs is 15. The van der Waals surface area contributed by atoms with Crippen LogP contribution in [0.1, 0.15) is 143 Å². The molecule has 9 amide bonds. The summed E-state index contributed by atoms with van der Waals surface area (Å²) in [5.74, 6) is -16.1. The van der Waals surface area contributed by atoms with Crippen LogP contribution < -0.4 is 73.5 Å². The molecule has 628 valence electrons. The molecule has 2 saturated heterocycles. The number of anilines is 1. The molecule has 0 aromatic heterocycles. The molecule has 18 unspecified atom stereocenters. The minimum absolute atomic E-state index is 0.107. The van der Waals surface area contributed by atoms with Crippen LogP contribution in [-0.2, 0) is 63.8 Å². The van der Waals surface area contributed by atoms with Crippen molar-refractivity contribution in [2.24, 2.45) is 17.4 Å². The van der Waals surface area contributed by atoms with Gasteiger partial charge in [-0.2, -0.15) is 0 Å². The number of amides is 9. The summed E-state index contributed by atoms with van der Waals surface area (Å²) in [7, 11) is 1.48. The molecule has 2 fully saturated rings. The van der Waals surface area contributed by atoms with Crippen LogP contribution in [0.2, 0.25) is 10.0 Å². The smallest absolute Gasteiger partial charge is 0.248 e. The van der Waals surface area contributed by atoms with E-state index in [2.05, 4.69) is 54.8 Å². The number of aryl methyl sites for hydroxylation is 1. The molecule has 13 rings (SSSR count). The highest BCUT2D eigenvalue weighted by molar-refractivity contribution is 6.32. The van der Waals surface area contributed by atoms with Crippen molar-refractivity contribution < 1.29 is 118 Å². The van der Waals surface area contributed by atoms with Crippen LogP contribution in [-0.4, -0.2) is 198 Å². The molecule has 22 N–H and O–H groups in total. The molecule has 7 aliphatic rings. The van der Waals surface area contributed by atoms with E-state index in [4.69, 9.17) is 63.1 Å². The van der Waals surface area contributed by atoms with Crippen molar-refractivity contribution in [1.82, 2.24) is 42.5 Å². The highest BCUT2D eigenvalue weighted by Crippen LogP contribution is 2.50. The molecule has 6 aromatic rings. The maximum absolute atomic E-state index is 16.3. The Labute approximate surface area is 680 Å². The predicted molar refractivity (Wildman–Crippen MR) is 418 cm³/mol. The molecule has 117 heavy (non-hydrogen) atoms. The maximum atomic E-state index is 16.3. The van der Waals surface area contributed by atoms with Gasteiger partial charge in [0.05, 0.1) is 47.9 Å². The first-order chi connectivity index (χ1) is 55.5. The number of aliphatic hydroxyl groups is 6. The van der Waals surface area contributed by atoms with Crippen LogP contribution in [0.15, 0.2) is 103 Å². The molecular formula is C80H95Cl2N11O24. The van der Waals surface area contributed by atoms with E-state index in [0.717, 1.165) is 104 Å². The number of ether oxygens (including phenoxy) is 6. The van der Waals surface area contributed by atoms with Gasteiger partial charge in [-0.25, -0.2) is 0 Å². The Morgan fingerprint density at radius 2 is 1.32 bits per heavy atom. The maximum Gasteiger partial charge on any atom is 0.248 e. The number of phenolic OH excluding ortho intramolecular Hbond substituents is 3. The van der Waals surface area contributed by atoms with E-state index < -0.39 is 250 Å². The van der Waals surface area contributed by atoms with Crippen molar-refractivity contribution in [3.8, 4) is 57.1 Å². The summed E-state index contributed by atoms with van der Waals surface area (Å²) in [4.78, 5) is 134. The second-order valence-electron chi connectivity index (χ2n) is 30.1. The molecule has 37 heteroatoms. The van der Waals surface area contributed by atoms with Gasteiger partial charge >= 0.3 is 0 Å². The van der Waals surface area contributed by atoms with Gasteiger partial charge in [0.15, 0.2) is 23.9 Å². The average molecular weight is 1670 g/mol. The summed E-state index contributed by atoms with van der Waals surface area (Å²) >= 11 is 14.3. The number of unbranched alkanes of at least 4 members (excludes halogenated alkanes) is 3. The van der Waals surface area contributed by atoms with Crippen molar-refractivity contribution in [1.29, 1.82) is 0 Å². The number of aromatic hydroxyl groups is 3. The first-order valence-corrected chi connectivity index (χ1v) is 38.7. The van der Waals surface area contributed by atoms with Crippen molar-refractivity contribution in [3.05, 3.63) is 147 Å². The van der Waals surface area contributed by atoms with E-state index in [0.29, 0.717) is 5.69 Å². The lowest BCUT2D eigenvalue weighted by Crippen LogP contribution is -2.64. The number of phenols is 3. The Balaban J connectivity index is 1.10. The van der Waals surface area contributed by atoms with Gasteiger partial charge in [0.25, 0.3) is 0 Å². The van der Waals surface area contributed by atoms with Gasteiger partial charge in [-0.1, -0.05) is 93.6 Å². The van der Waals surface area contributed by atoms with Gasteiger partial charge in [0, 0.05) is 34.8 Å². The van der Waals surface area contributed by atoms with Gasteiger partial charge in [0.2, 0.25) is 65.2 Å². The van der Waals surface area contributed by atoms with E-state index >= 15 is 19.2 Å². The van der Waals surface area contributed by atoms with E-state index in [1.807, 2.05) is 26.0 Å². The molecular weight excluding hydrogens is 1570 g/mol. The zero-order chi connectivity index (χ0) is 84.8. The number of primary amides is 1. The van der Waals surface area contributed by atoms with E-state index in [1.165, 1.54) is 33.0 Å². The largest absolute Gasteiger partial charge is 0.508 e. The zero-order valence-corrected chi connectivity index (χ0v) is 65.8. The number of nitrogens with one attached hydrogen (secondary N) is 9. The monoisotopic (exact) mass is 1660 g/mol. The van der Waals surface area contributed by atoms with Gasteiger partial charge in [-0.15, -0.1) is 0 Å². The molecule has 11 bridgehead atoms. The van der Waals surface area contributed by atoms with Crippen LogP contribution in [0.4, 0.5) is 5.69 Å². The molecule has 7 heterocycles. The highest BCUT2D eigenvalue weighted by Gasteiger charge is 2.52. The standard InChI is InChI=1S/C80H95Cl2N11O24/c1-7-8-9-10-11-36-12-17-41(18-13-36)87-57(99)32-86-74(107)62-44-28-42(95)29-50(97)59(44)43-23-37(14-19-49(43)96)60-75(108)93-64(78(111)91-62)66(101)39-16-21-52(46(82)25-39)114-54-27-40-26-53(69(54)117-79-70(68(103)67(102)55(33-94)115-79)116-58-31-80(5,84)71(104)35(4)112-58)113-51-20-15-38(24-45(51)81)65(100)63(92-72(105)47(85-6)22-34(2)3)77(110)88-48(30-56(83)98)73(106)89-61(40)76(109)90-60/h12-21,23-29,34-35,47-48,55,58,60-68,70-71,79,85,94-97,100-104H,7-11,22,30-33,84H2,1-6H3,(H2,83,98)(H,86,107)(H,87,99)(H,88,110)(H,89,106)(H,90,109)(H,91,111)(H,92,105)(H,93,108). The third-order valence-corrected chi connectivity index (χ3v) is 21.4. The summed E-state index contributed by atoms with van der Waals surface area (Å²) < 4.78 is 38.6. The minimum atomic E-state index is -2.37. The quantitative estimate of drug-likeness (QED) is 0.0461. The summed E-state index contributed by atoms with van der Waals surface area (Å²) in [6.07, 6.45) is -13.8. The number of likely N-dealkylation sites (N-methyl/N-ethyl adjacent to an activating group) is 1. The number of benzene rings is 6. The lowest BCUT2D eigenvalue weighted by atomic mass is 9.86. The molecule has 0 saturated carbocycles. The molecule has 0 spiro atoms. The Bertz CT molecular complexity index is 4730. The normalized spacial score (nSPS) is 26.9. The molecule has 0 aliphatic carbocycles. The Morgan fingerprint density at radius 1 is 0.692 bits per heavy atom. The molecule has 0 radical (unpaired) electrons. The lowest BCUT2D eigenvalue weighted by molar-refractivity contribution is -0.333. The second kappa shape index (κ2) is 37.4. The number of carbonyl (C=O) groups is 9. The number of rotatable bonds is 21. The first kappa shape index (κ1) is 87.3. The number of aliphatic hydroxyl groups excluding tert-OH is 6. The Kier molecular flexibility index (Phi) is 27.9. The van der Waals surface area contributed by atoms with E-state index in [1.54, 1.807) is 12.1 Å². The van der Waals surface area contributed by atoms with Crippen molar-refractivity contribution >= 4 is 82.1 Å². The fourth-order valence-electron chi connectivity index (χ4n) is 14.5. The van der Waals surface area contributed by atoms with Gasteiger partial charge in [-0.3, -0.25) is 43.2 Å². The number of halogens is 2. The van der Waals surface area contributed by atoms with Crippen LogP contribution in [0, 0.1) is 5.92 Å². The average Bonchev–Trinajstić information content (AvgIpc) is 0.763. The topological polar surface area (TPSA) is 551 Å². The zero-order valence-electron chi connectivity index (χ0n) is 64.3. The van der Waals surface area contributed by atoms with E-state index in [-0.39, 0.29) is 46.2 Å². The number of hydrogen-bond acceptors (Lipinski definition) is 26. The van der Waals surface area contributed by atoms with Gasteiger partial charge < -0.3 is 134 Å². The number of nitrogens with two attached hydrogens (primary N) is 2. The SMILES string of the molecule is CCCCCCc1ccc(NC(=O)CNC(=O)C2NC(=O)C3NC(=O)C(NC(=O)C4NC(=O)C(CC(N)=O)NC(=O)C(NC(=O)C(CC(C)C)NC)C(O)c5ccc(c(Cl)c5)Oc5cc4cc(c5OC4OC(CO)C(O)C(O)C4OC4CC(C)(N)C(O)C(C)O4)Oc4ccc(cc4Cl)C3O)c3ccc(O)c(c3)-c3c(O)cc(O)cc32)cc1. The summed E-state index contributed by atoms with van der Waals surface area (Å²) in [5.41, 5.74) is 9.62. The second-order valence-corrected chi connectivity index (χ2v) is 31.0. The predicted octanol–water partition coefficient (Wildman–Crippen LogP) is 2.90. The molecule has 18 atom stereocenters. The van der Waals surface area contributed by atoms with Crippen molar-refractivity contribution in [2.75, 3.05) is 25.5 Å². The lowest BCUT2D eigenvalue weighted by Gasteiger charge is -2.47. The molecule has 35 nitrogen and oxygen atoms in total. The fourth-order valence-corrected chi connectivity index (χ4v) is 14.9. The Hall–Kier alpha value is -10.5. The summed E-state index contributed by atoms with van der Waals surface area (Å²) in [6.45, 7) is 7.00. The van der Waals surface area contributed by atoms with E-state index in [9.17, 15) is 69.9 Å². The highest BCUT2D eigenvalue weighted by atomic mass is 35.5. The van der Waals surface area contributed by atoms with Crippen molar-refractivity contribution in [2.45, 2.75) is 195 Å². The third-order valence-electron chi connectivity index (χ3n) is 20.8. The number of hydrogen-bond donors (Lipinski definition) is 20. The van der Waals surface area contributed by atoms with Gasteiger partial charge in [0.1, 0.15) is 95.5 Å². The third kappa shape index (κ3) is 20.2. The number of carbonyl (C=O) groups excluding carboxylic acids is 9. The van der Waals surface area contributed by atoms with Gasteiger partial charge in [-0.05, 0) is 146 Å². The van der Waals surface area contributed by atoms with Crippen LogP contribution in [0.25, 0.3) is 11.1 Å². The molecule has 7 aliphatic heterocycles. The first-order valence-electron chi connectivity index (χ1n) is 37.9. The van der Waals surface area contributed by atoms with Crippen LogP contribution in [0.3, 0.4) is 0 Å². The summed E-state index contributed by atoms with van der Waals surface area (Å²) in [5, 5.41) is 128. The fraction of sp³-hybridized carbons (Fsp3) is 0.438.